The van der Waals surface area contributed by atoms with Crippen LogP contribution in [0.5, 0.6) is 0 Å². The van der Waals surface area contributed by atoms with Gasteiger partial charge >= 0.3 is 0 Å². The highest BCUT2D eigenvalue weighted by Gasteiger charge is 2.19. The van der Waals surface area contributed by atoms with Crippen molar-refractivity contribution in [2.45, 2.75) is 32.6 Å². The van der Waals surface area contributed by atoms with Gasteiger partial charge in [-0.3, -0.25) is 4.79 Å². The molecular weight excluding hydrogens is 280 g/mol. The van der Waals surface area contributed by atoms with E-state index >= 15 is 0 Å². The Morgan fingerprint density at radius 2 is 2.05 bits per heavy atom. The van der Waals surface area contributed by atoms with Crippen molar-refractivity contribution in [3.63, 3.8) is 0 Å². The van der Waals surface area contributed by atoms with Gasteiger partial charge in [-0.1, -0.05) is 18.2 Å². The van der Waals surface area contributed by atoms with Crippen LogP contribution in [-0.2, 0) is 12.8 Å². The zero-order valence-corrected chi connectivity index (χ0v) is 13.1. The SMILES string of the molecule is CCNC(=O)c1c(-c2ccc3c(c2)CCCC3)csc1N. The zero-order valence-electron chi connectivity index (χ0n) is 12.2. The number of aryl methyl sites for hydroxylation is 2. The number of rotatable bonds is 3. The Morgan fingerprint density at radius 1 is 1.29 bits per heavy atom. The van der Waals surface area contributed by atoms with Crippen LogP contribution >= 0.6 is 11.3 Å². The summed E-state index contributed by atoms with van der Waals surface area (Å²) in [5, 5.41) is 5.43. The van der Waals surface area contributed by atoms with Gasteiger partial charge in [0.25, 0.3) is 5.91 Å². The second kappa shape index (κ2) is 5.90. The summed E-state index contributed by atoms with van der Waals surface area (Å²) in [5.41, 5.74) is 11.6. The van der Waals surface area contributed by atoms with E-state index in [9.17, 15) is 4.79 Å². The molecule has 2 aromatic rings. The van der Waals surface area contributed by atoms with E-state index in [4.69, 9.17) is 5.73 Å². The first-order valence-electron chi connectivity index (χ1n) is 7.48. The van der Waals surface area contributed by atoms with Gasteiger partial charge in [0, 0.05) is 17.5 Å². The second-order valence-corrected chi connectivity index (χ2v) is 6.35. The van der Waals surface area contributed by atoms with E-state index in [0.29, 0.717) is 17.1 Å². The molecule has 1 aliphatic rings. The van der Waals surface area contributed by atoms with Crippen molar-refractivity contribution in [3.05, 3.63) is 40.3 Å². The Hall–Kier alpha value is -1.81. The van der Waals surface area contributed by atoms with E-state index in [1.807, 2.05) is 12.3 Å². The van der Waals surface area contributed by atoms with Crippen LogP contribution in [0.4, 0.5) is 5.00 Å². The molecule has 1 heterocycles. The van der Waals surface area contributed by atoms with Gasteiger partial charge in [0.1, 0.15) is 0 Å². The van der Waals surface area contributed by atoms with Gasteiger partial charge in [-0.2, -0.15) is 0 Å². The van der Waals surface area contributed by atoms with Crippen LogP contribution in [0, 0.1) is 0 Å². The van der Waals surface area contributed by atoms with Crippen LogP contribution in [0.15, 0.2) is 23.6 Å². The predicted octanol–water partition coefficient (Wildman–Crippen LogP) is 3.63. The third kappa shape index (κ3) is 2.68. The van der Waals surface area contributed by atoms with Crippen LogP contribution in [0.3, 0.4) is 0 Å². The van der Waals surface area contributed by atoms with Crippen molar-refractivity contribution < 1.29 is 4.79 Å². The highest BCUT2D eigenvalue weighted by Crippen LogP contribution is 2.35. The van der Waals surface area contributed by atoms with E-state index < -0.39 is 0 Å². The minimum absolute atomic E-state index is 0.0797. The summed E-state index contributed by atoms with van der Waals surface area (Å²) in [6.07, 6.45) is 4.84. The molecule has 1 aromatic carbocycles. The summed E-state index contributed by atoms with van der Waals surface area (Å²) in [5.74, 6) is -0.0797. The van der Waals surface area contributed by atoms with Gasteiger partial charge in [0.2, 0.25) is 0 Å². The van der Waals surface area contributed by atoms with Crippen molar-refractivity contribution >= 4 is 22.2 Å². The standard InChI is InChI=1S/C17H20N2OS/c1-2-19-17(20)15-14(10-21-16(15)18)13-8-7-11-5-3-4-6-12(11)9-13/h7-10H,2-6,18H2,1H3,(H,19,20). The molecular formula is C17H20N2OS. The van der Waals surface area contributed by atoms with Gasteiger partial charge in [0.15, 0.2) is 0 Å². The number of nitrogens with two attached hydrogens (primary N) is 1. The van der Waals surface area contributed by atoms with Crippen LogP contribution in [0.1, 0.15) is 41.3 Å². The molecule has 1 aliphatic carbocycles. The van der Waals surface area contributed by atoms with Crippen molar-refractivity contribution in [2.75, 3.05) is 12.3 Å². The molecule has 0 bridgehead atoms. The third-order valence-electron chi connectivity index (χ3n) is 4.04. The number of amides is 1. The quantitative estimate of drug-likeness (QED) is 0.909. The van der Waals surface area contributed by atoms with Crippen molar-refractivity contribution in [3.8, 4) is 11.1 Å². The number of nitrogen functional groups attached to an aromatic ring is 1. The highest BCUT2D eigenvalue weighted by atomic mass is 32.1. The molecule has 1 amide bonds. The first-order valence-corrected chi connectivity index (χ1v) is 8.36. The lowest BCUT2D eigenvalue weighted by molar-refractivity contribution is 0.0957. The van der Waals surface area contributed by atoms with Crippen molar-refractivity contribution in [1.82, 2.24) is 5.32 Å². The first-order chi connectivity index (χ1) is 10.2. The topological polar surface area (TPSA) is 55.1 Å². The third-order valence-corrected chi connectivity index (χ3v) is 4.85. The molecule has 0 fully saturated rings. The number of fused-ring (bicyclic) bond motifs is 1. The molecule has 0 aliphatic heterocycles. The Morgan fingerprint density at radius 3 is 2.81 bits per heavy atom. The molecule has 4 heteroatoms. The molecule has 3 N–H and O–H groups in total. The lowest BCUT2D eigenvalue weighted by Crippen LogP contribution is -2.23. The van der Waals surface area contributed by atoms with E-state index in [2.05, 4.69) is 23.5 Å². The molecule has 21 heavy (non-hydrogen) atoms. The van der Waals surface area contributed by atoms with E-state index in [1.165, 1.54) is 41.7 Å². The summed E-state index contributed by atoms with van der Waals surface area (Å²) in [6.45, 7) is 2.52. The molecule has 3 rings (SSSR count). The minimum Gasteiger partial charge on any atom is -0.390 e. The lowest BCUT2D eigenvalue weighted by Gasteiger charge is -2.16. The molecule has 0 radical (unpaired) electrons. The fourth-order valence-corrected chi connectivity index (χ4v) is 3.79. The van der Waals surface area contributed by atoms with Crippen molar-refractivity contribution in [2.24, 2.45) is 0 Å². The van der Waals surface area contributed by atoms with Crippen LogP contribution in [0.25, 0.3) is 11.1 Å². The van der Waals surface area contributed by atoms with Crippen LogP contribution in [-0.4, -0.2) is 12.5 Å². The molecule has 0 spiro atoms. The Balaban J connectivity index is 2.03. The summed E-state index contributed by atoms with van der Waals surface area (Å²) in [6, 6.07) is 6.56. The molecule has 3 nitrogen and oxygen atoms in total. The maximum absolute atomic E-state index is 12.2. The van der Waals surface area contributed by atoms with Gasteiger partial charge < -0.3 is 11.1 Å². The van der Waals surface area contributed by atoms with E-state index in [0.717, 1.165) is 17.5 Å². The Bertz CT molecular complexity index is 675. The Labute approximate surface area is 129 Å². The second-order valence-electron chi connectivity index (χ2n) is 5.44. The van der Waals surface area contributed by atoms with Gasteiger partial charge in [0.05, 0.1) is 10.6 Å². The van der Waals surface area contributed by atoms with Crippen LogP contribution in [0.2, 0.25) is 0 Å². The van der Waals surface area contributed by atoms with E-state index in [1.54, 1.807) is 0 Å². The molecule has 0 unspecified atom stereocenters. The average Bonchev–Trinajstić information content (AvgIpc) is 2.89. The number of hydrogen-bond donors (Lipinski definition) is 2. The molecule has 110 valence electrons. The largest absolute Gasteiger partial charge is 0.390 e. The number of nitrogens with one attached hydrogen (secondary N) is 1. The highest BCUT2D eigenvalue weighted by molar-refractivity contribution is 7.15. The molecule has 0 saturated carbocycles. The van der Waals surface area contributed by atoms with Crippen LogP contribution < -0.4 is 11.1 Å². The number of carbonyl (C=O) groups is 1. The fraction of sp³-hybridized carbons (Fsp3) is 0.353. The minimum atomic E-state index is -0.0797. The van der Waals surface area contributed by atoms with Crippen molar-refractivity contribution in [1.29, 1.82) is 0 Å². The summed E-state index contributed by atoms with van der Waals surface area (Å²) >= 11 is 1.43. The number of benzene rings is 1. The summed E-state index contributed by atoms with van der Waals surface area (Å²) in [7, 11) is 0. The summed E-state index contributed by atoms with van der Waals surface area (Å²) < 4.78 is 0. The number of thiophene rings is 1. The number of anilines is 1. The van der Waals surface area contributed by atoms with Gasteiger partial charge in [-0.25, -0.2) is 0 Å². The normalized spacial score (nSPS) is 13.8. The Kier molecular flexibility index (Phi) is 3.97. The average molecular weight is 300 g/mol. The monoisotopic (exact) mass is 300 g/mol. The van der Waals surface area contributed by atoms with Gasteiger partial charge in [-0.15, -0.1) is 11.3 Å². The van der Waals surface area contributed by atoms with E-state index in [-0.39, 0.29) is 5.91 Å². The number of carbonyl (C=O) groups excluding carboxylic acids is 1. The first kappa shape index (κ1) is 14.1. The predicted molar refractivity (Wildman–Crippen MR) is 88.8 cm³/mol. The van der Waals surface area contributed by atoms with Gasteiger partial charge in [-0.05, 0) is 49.3 Å². The summed E-state index contributed by atoms with van der Waals surface area (Å²) in [4.78, 5) is 12.2. The molecule has 0 atom stereocenters. The fourth-order valence-electron chi connectivity index (χ4n) is 2.97. The molecule has 0 saturated heterocycles. The zero-order chi connectivity index (χ0) is 14.8. The number of hydrogen-bond acceptors (Lipinski definition) is 3. The molecule has 1 aromatic heterocycles. The maximum atomic E-state index is 12.2. The lowest BCUT2D eigenvalue weighted by atomic mass is 9.89. The maximum Gasteiger partial charge on any atom is 0.254 e. The smallest absolute Gasteiger partial charge is 0.254 e.